The molecule has 0 saturated heterocycles. The molecule has 0 aliphatic heterocycles. The summed E-state index contributed by atoms with van der Waals surface area (Å²) in [6.07, 6.45) is -0.974. The van der Waals surface area contributed by atoms with Gasteiger partial charge < -0.3 is 9.90 Å². The molecule has 1 rings (SSSR count). The van der Waals surface area contributed by atoms with Crippen LogP contribution in [0.3, 0.4) is 0 Å². The number of aromatic hydroxyl groups is 1. The summed E-state index contributed by atoms with van der Waals surface area (Å²) in [7, 11) is 0. The third-order valence-corrected chi connectivity index (χ3v) is 1.81. The largest absolute Gasteiger partial charge is 0.508 e. The van der Waals surface area contributed by atoms with E-state index in [0.29, 0.717) is 12.4 Å². The number of alkyl halides is 3. The number of allylic oxidation sites excluding steroid dienone is 1. The van der Waals surface area contributed by atoms with Crippen molar-refractivity contribution in [3.8, 4) is 5.75 Å². The fourth-order valence-corrected chi connectivity index (χ4v) is 1.15. The Labute approximate surface area is 90.0 Å². The van der Waals surface area contributed by atoms with E-state index in [0.717, 1.165) is 6.07 Å². The Morgan fingerprint density at radius 3 is 2.50 bits per heavy atom. The van der Waals surface area contributed by atoms with Crippen LogP contribution in [0.5, 0.6) is 5.75 Å². The summed E-state index contributed by atoms with van der Waals surface area (Å²) in [5.74, 6) is -0.458. The van der Waals surface area contributed by atoms with Gasteiger partial charge in [0.2, 0.25) is 0 Å². The highest BCUT2D eigenvalue weighted by atomic mass is 19.4. The molecule has 0 heterocycles. The van der Waals surface area contributed by atoms with Gasteiger partial charge in [0.1, 0.15) is 12.0 Å². The summed E-state index contributed by atoms with van der Waals surface area (Å²) in [5, 5.41) is 9.11. The zero-order chi connectivity index (χ0) is 12.2. The summed E-state index contributed by atoms with van der Waals surface area (Å²) in [5.41, 5.74) is -0.715. The average molecular weight is 230 g/mol. The van der Waals surface area contributed by atoms with Crippen molar-refractivity contribution in [3.63, 3.8) is 0 Å². The first-order valence-corrected chi connectivity index (χ1v) is 4.45. The number of carbonyl (C=O) groups is 1. The molecular formula is C11H9F3O2. The number of benzene rings is 1. The molecule has 2 nitrogen and oxygen atoms in total. The molecule has 0 aromatic heterocycles. The molecule has 0 spiro atoms. The molecule has 0 bridgehead atoms. The lowest BCUT2D eigenvalue weighted by atomic mass is 10.1. The van der Waals surface area contributed by atoms with Crippen LogP contribution in [0.15, 0.2) is 24.3 Å². The molecule has 0 unspecified atom stereocenters. The molecule has 0 fully saturated rings. The maximum atomic E-state index is 12.3. The van der Waals surface area contributed by atoms with Crippen LogP contribution in [0.25, 0.3) is 6.08 Å². The van der Waals surface area contributed by atoms with Crippen LogP contribution >= 0.6 is 0 Å². The van der Waals surface area contributed by atoms with E-state index >= 15 is 0 Å². The molecule has 86 valence electrons. The van der Waals surface area contributed by atoms with E-state index in [2.05, 4.69) is 0 Å². The molecule has 0 aliphatic rings. The molecular weight excluding hydrogens is 221 g/mol. The van der Waals surface area contributed by atoms with Crippen molar-refractivity contribution in [2.45, 2.75) is 12.6 Å². The minimum atomic E-state index is -4.49. The van der Waals surface area contributed by atoms with E-state index < -0.39 is 17.5 Å². The van der Waals surface area contributed by atoms with Crippen molar-refractivity contribution in [2.24, 2.45) is 0 Å². The highest BCUT2D eigenvalue weighted by molar-refractivity contribution is 5.59. The number of carbonyl (C=O) groups excluding carboxylic acids is 1. The second-order valence-corrected chi connectivity index (χ2v) is 3.12. The predicted molar refractivity (Wildman–Crippen MR) is 52.8 cm³/mol. The van der Waals surface area contributed by atoms with Gasteiger partial charge in [0, 0.05) is 6.42 Å². The van der Waals surface area contributed by atoms with Crippen LogP contribution in [-0.4, -0.2) is 11.4 Å². The van der Waals surface area contributed by atoms with Gasteiger partial charge in [-0.05, 0) is 23.8 Å². The number of halogens is 3. The zero-order valence-electron chi connectivity index (χ0n) is 8.16. The topological polar surface area (TPSA) is 37.3 Å². The molecule has 0 aliphatic carbocycles. The predicted octanol–water partition coefficient (Wildman–Crippen LogP) is 3.01. The molecule has 0 amide bonds. The Morgan fingerprint density at radius 1 is 1.25 bits per heavy atom. The molecule has 1 N–H and O–H groups in total. The molecule has 1 aromatic rings. The first kappa shape index (κ1) is 12.3. The smallest absolute Gasteiger partial charge is 0.416 e. The summed E-state index contributed by atoms with van der Waals surface area (Å²) in [6.45, 7) is 0. The Bertz CT molecular complexity index is 408. The highest BCUT2D eigenvalue weighted by Gasteiger charge is 2.31. The Balaban J connectivity index is 3.03. The SMILES string of the molecule is O=CCC=Cc1cc(O)cc(C(F)(F)F)c1. The number of hydrogen-bond acceptors (Lipinski definition) is 2. The molecule has 0 atom stereocenters. The molecule has 5 heteroatoms. The van der Waals surface area contributed by atoms with E-state index in [9.17, 15) is 18.0 Å². The zero-order valence-corrected chi connectivity index (χ0v) is 8.16. The van der Waals surface area contributed by atoms with E-state index in [1.807, 2.05) is 0 Å². The third-order valence-electron chi connectivity index (χ3n) is 1.81. The quantitative estimate of drug-likeness (QED) is 0.810. The van der Waals surface area contributed by atoms with Crippen molar-refractivity contribution < 1.29 is 23.1 Å². The van der Waals surface area contributed by atoms with Crippen LogP contribution in [0.1, 0.15) is 17.5 Å². The number of hydrogen-bond donors (Lipinski definition) is 1. The van der Waals surface area contributed by atoms with Crippen LogP contribution in [0.2, 0.25) is 0 Å². The number of aldehydes is 1. The lowest BCUT2D eigenvalue weighted by Crippen LogP contribution is -2.04. The van der Waals surface area contributed by atoms with Gasteiger partial charge in [0.15, 0.2) is 0 Å². The van der Waals surface area contributed by atoms with Crippen molar-refractivity contribution in [2.75, 3.05) is 0 Å². The van der Waals surface area contributed by atoms with E-state index in [1.165, 1.54) is 18.2 Å². The number of phenolic OH excluding ortho intramolecular Hbond substituents is 1. The molecule has 0 radical (unpaired) electrons. The normalized spacial score (nSPS) is 11.9. The third kappa shape index (κ3) is 3.42. The van der Waals surface area contributed by atoms with Crippen LogP contribution in [0.4, 0.5) is 13.2 Å². The Morgan fingerprint density at radius 2 is 1.94 bits per heavy atom. The summed E-state index contributed by atoms with van der Waals surface area (Å²) in [6, 6.07) is 2.74. The van der Waals surface area contributed by atoms with Crippen molar-refractivity contribution >= 4 is 12.4 Å². The van der Waals surface area contributed by atoms with Crippen molar-refractivity contribution in [3.05, 3.63) is 35.4 Å². The van der Waals surface area contributed by atoms with Gasteiger partial charge in [-0.25, -0.2) is 0 Å². The summed E-state index contributed by atoms with van der Waals surface area (Å²) < 4.78 is 37.0. The van der Waals surface area contributed by atoms with Crippen molar-refractivity contribution in [1.29, 1.82) is 0 Å². The minimum Gasteiger partial charge on any atom is -0.508 e. The fraction of sp³-hybridized carbons (Fsp3) is 0.182. The monoisotopic (exact) mass is 230 g/mol. The first-order valence-electron chi connectivity index (χ1n) is 4.45. The van der Waals surface area contributed by atoms with E-state index in [1.54, 1.807) is 0 Å². The Kier molecular flexibility index (Phi) is 3.71. The number of rotatable bonds is 3. The van der Waals surface area contributed by atoms with E-state index in [-0.39, 0.29) is 12.0 Å². The molecule has 1 aromatic carbocycles. The summed E-state index contributed by atoms with van der Waals surface area (Å²) in [4.78, 5) is 10.0. The lowest BCUT2D eigenvalue weighted by Gasteiger charge is -2.07. The van der Waals surface area contributed by atoms with Crippen molar-refractivity contribution in [1.82, 2.24) is 0 Å². The molecule has 0 saturated carbocycles. The van der Waals surface area contributed by atoms with E-state index in [4.69, 9.17) is 5.11 Å². The second kappa shape index (κ2) is 4.83. The summed E-state index contributed by atoms with van der Waals surface area (Å²) >= 11 is 0. The average Bonchev–Trinajstić information content (AvgIpc) is 2.16. The first-order chi connectivity index (χ1) is 7.43. The van der Waals surface area contributed by atoms with Gasteiger partial charge >= 0.3 is 6.18 Å². The van der Waals surface area contributed by atoms with Gasteiger partial charge in [-0.3, -0.25) is 0 Å². The van der Waals surface area contributed by atoms with Gasteiger partial charge in [0.05, 0.1) is 5.56 Å². The minimum absolute atomic E-state index is 0.122. The van der Waals surface area contributed by atoms with Gasteiger partial charge in [-0.2, -0.15) is 13.2 Å². The number of phenols is 1. The second-order valence-electron chi connectivity index (χ2n) is 3.12. The lowest BCUT2D eigenvalue weighted by molar-refractivity contribution is -0.137. The maximum Gasteiger partial charge on any atom is 0.416 e. The van der Waals surface area contributed by atoms with Crippen LogP contribution in [-0.2, 0) is 11.0 Å². The molecule has 16 heavy (non-hydrogen) atoms. The highest BCUT2D eigenvalue weighted by Crippen LogP contribution is 2.32. The maximum absolute atomic E-state index is 12.3. The Hall–Kier alpha value is -1.78. The van der Waals surface area contributed by atoms with Gasteiger partial charge in [-0.15, -0.1) is 0 Å². The van der Waals surface area contributed by atoms with Gasteiger partial charge in [0.25, 0.3) is 0 Å². The fourth-order valence-electron chi connectivity index (χ4n) is 1.15. The van der Waals surface area contributed by atoms with Gasteiger partial charge in [-0.1, -0.05) is 12.2 Å². The van der Waals surface area contributed by atoms with Crippen LogP contribution in [0, 0.1) is 0 Å². The van der Waals surface area contributed by atoms with Crippen LogP contribution < -0.4 is 0 Å². The standard InChI is InChI=1S/C11H9F3O2/c12-11(13,14)9-5-8(3-1-2-4-15)6-10(16)7-9/h1,3-7,16H,2H2.